The van der Waals surface area contributed by atoms with Crippen LogP contribution in [0.2, 0.25) is 10.0 Å². The van der Waals surface area contributed by atoms with Crippen molar-refractivity contribution in [1.29, 1.82) is 0 Å². The quantitative estimate of drug-likeness (QED) is 0.657. The molecule has 168 valence electrons. The molecule has 1 fully saturated rings. The lowest BCUT2D eigenvalue weighted by molar-refractivity contribution is -0.122. The number of hydrogen-bond donors (Lipinski definition) is 2. The predicted octanol–water partition coefficient (Wildman–Crippen LogP) is 3.15. The fourth-order valence-electron chi connectivity index (χ4n) is 3.62. The number of anilines is 1. The first kappa shape index (κ1) is 23.8. The van der Waals surface area contributed by atoms with Crippen LogP contribution in [-0.4, -0.2) is 50.0 Å². The standard InChI is InChI=1S/C21H25Cl2N3O4S/c1-14-8-17(22)21(18(23)9-14)26-11-15(2)10-25(31(26,29)30)12-20(28)24-19(13-27)16-6-4-3-5-7-16/h3-9,15,19,27H,10-13H2,1-2H3,(H,24,28)/t15-,19+/m0/s1. The molecule has 10 heteroatoms. The summed E-state index contributed by atoms with van der Waals surface area (Å²) >= 11 is 12.7. The number of aliphatic hydroxyl groups is 1. The van der Waals surface area contributed by atoms with Crippen molar-refractivity contribution < 1.29 is 18.3 Å². The van der Waals surface area contributed by atoms with Crippen molar-refractivity contribution in [3.63, 3.8) is 0 Å². The van der Waals surface area contributed by atoms with E-state index in [1.165, 1.54) is 4.31 Å². The summed E-state index contributed by atoms with van der Waals surface area (Å²) < 4.78 is 28.9. The zero-order valence-electron chi connectivity index (χ0n) is 17.3. The van der Waals surface area contributed by atoms with Gasteiger partial charge in [0.05, 0.1) is 34.9 Å². The smallest absolute Gasteiger partial charge is 0.304 e. The first-order valence-corrected chi connectivity index (χ1v) is 12.0. The van der Waals surface area contributed by atoms with Crippen molar-refractivity contribution >= 4 is 45.0 Å². The molecule has 0 spiro atoms. The van der Waals surface area contributed by atoms with Crippen LogP contribution in [0, 0.1) is 12.8 Å². The van der Waals surface area contributed by atoms with E-state index in [0.717, 1.165) is 15.4 Å². The van der Waals surface area contributed by atoms with E-state index in [2.05, 4.69) is 5.32 Å². The maximum Gasteiger partial charge on any atom is 0.304 e. The molecule has 0 bridgehead atoms. The van der Waals surface area contributed by atoms with Gasteiger partial charge in [-0.2, -0.15) is 12.7 Å². The molecule has 1 heterocycles. The van der Waals surface area contributed by atoms with E-state index in [1.807, 2.05) is 19.9 Å². The van der Waals surface area contributed by atoms with Gasteiger partial charge in [0.15, 0.2) is 0 Å². The Hall–Kier alpha value is -1.84. The lowest BCUT2D eigenvalue weighted by atomic mass is 10.1. The number of halogens is 2. The van der Waals surface area contributed by atoms with Gasteiger partial charge in [-0.05, 0) is 36.1 Å². The number of rotatable bonds is 6. The van der Waals surface area contributed by atoms with Crippen molar-refractivity contribution in [2.45, 2.75) is 19.9 Å². The summed E-state index contributed by atoms with van der Waals surface area (Å²) in [6.45, 7) is 3.40. The number of carbonyl (C=O) groups excluding carboxylic acids is 1. The van der Waals surface area contributed by atoms with Crippen molar-refractivity contribution in [2.24, 2.45) is 5.92 Å². The number of nitrogens with one attached hydrogen (secondary N) is 1. The van der Waals surface area contributed by atoms with Crippen molar-refractivity contribution in [1.82, 2.24) is 9.62 Å². The molecule has 1 aliphatic heterocycles. The van der Waals surface area contributed by atoms with Crippen LogP contribution < -0.4 is 9.62 Å². The second kappa shape index (κ2) is 9.75. The van der Waals surface area contributed by atoms with Gasteiger partial charge >= 0.3 is 10.2 Å². The van der Waals surface area contributed by atoms with Gasteiger partial charge in [0.25, 0.3) is 0 Å². The Kier molecular flexibility index (Phi) is 7.49. The van der Waals surface area contributed by atoms with Gasteiger partial charge in [-0.3, -0.25) is 9.10 Å². The second-order valence-corrected chi connectivity index (χ2v) is 10.4. The third-order valence-corrected chi connectivity index (χ3v) is 7.44. The first-order chi connectivity index (χ1) is 14.6. The number of carbonyl (C=O) groups is 1. The third-order valence-electron chi connectivity index (χ3n) is 5.05. The van der Waals surface area contributed by atoms with E-state index in [9.17, 15) is 18.3 Å². The highest BCUT2D eigenvalue weighted by molar-refractivity contribution is 7.90. The molecule has 7 nitrogen and oxygen atoms in total. The van der Waals surface area contributed by atoms with E-state index in [4.69, 9.17) is 23.2 Å². The first-order valence-electron chi connectivity index (χ1n) is 9.82. The molecule has 0 radical (unpaired) electrons. The Morgan fingerprint density at radius 1 is 1.19 bits per heavy atom. The summed E-state index contributed by atoms with van der Waals surface area (Å²) in [7, 11) is -4.04. The minimum absolute atomic E-state index is 0.0625. The summed E-state index contributed by atoms with van der Waals surface area (Å²) in [5.41, 5.74) is 1.75. The highest BCUT2D eigenvalue weighted by Crippen LogP contribution is 2.39. The van der Waals surface area contributed by atoms with Crippen molar-refractivity contribution in [3.05, 3.63) is 63.6 Å². The molecule has 2 N–H and O–H groups in total. The molecule has 1 aliphatic rings. The number of aryl methyl sites for hydroxylation is 1. The summed E-state index contributed by atoms with van der Waals surface area (Å²) in [4.78, 5) is 12.7. The van der Waals surface area contributed by atoms with Crippen molar-refractivity contribution in [2.75, 3.05) is 30.5 Å². The molecular weight excluding hydrogens is 461 g/mol. The molecule has 2 aromatic rings. The van der Waals surface area contributed by atoms with Crippen molar-refractivity contribution in [3.8, 4) is 0 Å². The molecule has 31 heavy (non-hydrogen) atoms. The van der Waals surface area contributed by atoms with Crippen LogP contribution in [0.4, 0.5) is 5.69 Å². The SMILES string of the molecule is Cc1cc(Cl)c(N2C[C@@H](C)CN(CC(=O)N[C@H](CO)c3ccccc3)S2(=O)=O)c(Cl)c1. The van der Waals surface area contributed by atoms with Crippen LogP contribution >= 0.6 is 23.2 Å². The highest BCUT2D eigenvalue weighted by atomic mass is 35.5. The molecule has 0 saturated carbocycles. The molecule has 2 atom stereocenters. The second-order valence-electron chi connectivity index (χ2n) is 7.73. The molecule has 1 amide bonds. The lowest BCUT2D eigenvalue weighted by Crippen LogP contribution is -2.56. The van der Waals surface area contributed by atoms with Gasteiger partial charge < -0.3 is 10.4 Å². The van der Waals surface area contributed by atoms with E-state index >= 15 is 0 Å². The van der Waals surface area contributed by atoms with Gasteiger partial charge in [0.2, 0.25) is 5.91 Å². The van der Waals surface area contributed by atoms with E-state index in [-0.39, 0.29) is 47.9 Å². The number of aliphatic hydroxyl groups excluding tert-OH is 1. The molecule has 0 unspecified atom stereocenters. The summed E-state index contributed by atoms with van der Waals surface area (Å²) in [6, 6.07) is 11.7. The van der Waals surface area contributed by atoms with E-state index in [1.54, 1.807) is 36.4 Å². The summed E-state index contributed by atoms with van der Waals surface area (Å²) in [5.74, 6) is -0.575. The Morgan fingerprint density at radius 3 is 2.39 bits per heavy atom. The molecule has 0 aliphatic carbocycles. The van der Waals surface area contributed by atoms with E-state index < -0.39 is 22.2 Å². The monoisotopic (exact) mass is 485 g/mol. The third kappa shape index (κ3) is 5.32. The average molecular weight is 486 g/mol. The Labute approximate surface area is 192 Å². The fourth-order valence-corrected chi connectivity index (χ4v) is 6.39. The largest absolute Gasteiger partial charge is 0.394 e. The van der Waals surface area contributed by atoms with Gasteiger partial charge in [-0.25, -0.2) is 0 Å². The number of hydrogen-bond acceptors (Lipinski definition) is 4. The molecule has 3 rings (SSSR count). The highest BCUT2D eigenvalue weighted by Gasteiger charge is 2.39. The van der Waals surface area contributed by atoms with Crippen LogP contribution in [0.15, 0.2) is 42.5 Å². The minimum atomic E-state index is -4.04. The Bertz CT molecular complexity index is 1030. The summed E-state index contributed by atoms with van der Waals surface area (Å²) in [6.07, 6.45) is 0. The fraction of sp³-hybridized carbons (Fsp3) is 0.381. The molecule has 1 saturated heterocycles. The van der Waals surface area contributed by atoms with Gasteiger partial charge in [-0.1, -0.05) is 60.5 Å². The maximum atomic E-state index is 13.3. The number of benzene rings is 2. The van der Waals surface area contributed by atoms with Crippen LogP contribution in [0.25, 0.3) is 0 Å². The van der Waals surface area contributed by atoms with Gasteiger partial charge in [0.1, 0.15) is 0 Å². The van der Waals surface area contributed by atoms with Crippen LogP contribution in [0.5, 0.6) is 0 Å². The normalized spacial score (nSPS) is 19.8. The molecular formula is C21H25Cl2N3O4S. The maximum absolute atomic E-state index is 13.3. The van der Waals surface area contributed by atoms with Crippen LogP contribution in [0.1, 0.15) is 24.1 Å². The number of nitrogens with zero attached hydrogens (tertiary/aromatic N) is 2. The van der Waals surface area contributed by atoms with Crippen LogP contribution in [-0.2, 0) is 15.0 Å². The molecule has 0 aromatic heterocycles. The van der Waals surface area contributed by atoms with Crippen LogP contribution in [0.3, 0.4) is 0 Å². The summed E-state index contributed by atoms with van der Waals surface area (Å²) in [5, 5.41) is 12.8. The predicted molar refractivity (Wildman–Crippen MR) is 123 cm³/mol. The Balaban J connectivity index is 1.82. The average Bonchev–Trinajstić information content (AvgIpc) is 2.69. The van der Waals surface area contributed by atoms with E-state index in [0.29, 0.717) is 0 Å². The number of amides is 1. The molecule has 2 aromatic carbocycles. The minimum Gasteiger partial charge on any atom is -0.394 e. The zero-order valence-corrected chi connectivity index (χ0v) is 19.6. The topological polar surface area (TPSA) is 89.9 Å². The lowest BCUT2D eigenvalue weighted by Gasteiger charge is -2.39. The Morgan fingerprint density at radius 2 is 1.81 bits per heavy atom. The van der Waals surface area contributed by atoms with Gasteiger partial charge in [-0.15, -0.1) is 0 Å². The zero-order chi connectivity index (χ0) is 22.8. The van der Waals surface area contributed by atoms with Gasteiger partial charge in [0, 0.05) is 13.1 Å².